The van der Waals surface area contributed by atoms with E-state index in [0.717, 1.165) is 6.07 Å². The summed E-state index contributed by atoms with van der Waals surface area (Å²) in [6.07, 6.45) is 5.05. The van der Waals surface area contributed by atoms with Gasteiger partial charge in [-0.3, -0.25) is 0 Å². The quantitative estimate of drug-likeness (QED) is 0.684. The molecule has 0 aliphatic heterocycles. The van der Waals surface area contributed by atoms with Crippen LogP contribution in [-0.2, 0) is 5.54 Å². The van der Waals surface area contributed by atoms with Gasteiger partial charge in [-0.15, -0.1) is 0 Å². The first-order chi connectivity index (χ1) is 6.62. The van der Waals surface area contributed by atoms with E-state index in [1.807, 2.05) is 12.2 Å². The third-order valence-electron chi connectivity index (χ3n) is 2.60. The molecule has 0 aromatic heterocycles. The second kappa shape index (κ2) is 3.17. The molecule has 0 heterocycles. The summed E-state index contributed by atoms with van der Waals surface area (Å²) < 4.78 is 26.1. The summed E-state index contributed by atoms with van der Waals surface area (Å²) in [5, 5.41) is 0. The van der Waals surface area contributed by atoms with Crippen molar-refractivity contribution in [3.05, 3.63) is 47.5 Å². The van der Waals surface area contributed by atoms with Crippen molar-refractivity contribution in [3.8, 4) is 0 Å². The Labute approximate surface area is 81.2 Å². The van der Waals surface area contributed by atoms with E-state index in [9.17, 15) is 8.78 Å². The average Bonchev–Trinajstić information content (AvgIpc) is 2.52. The van der Waals surface area contributed by atoms with Gasteiger partial charge < -0.3 is 5.73 Å². The molecule has 74 valence electrons. The molecular formula is C11H11F2N. The molecule has 1 aliphatic carbocycles. The summed E-state index contributed by atoms with van der Waals surface area (Å²) in [5.74, 6) is -1.13. The summed E-state index contributed by atoms with van der Waals surface area (Å²) in [6, 6.07) is 3.55. The van der Waals surface area contributed by atoms with Crippen LogP contribution in [0.2, 0.25) is 0 Å². The number of benzene rings is 1. The molecule has 0 atom stereocenters. The van der Waals surface area contributed by atoms with E-state index in [2.05, 4.69) is 0 Å². The molecular weight excluding hydrogens is 184 g/mol. The Kier molecular flexibility index (Phi) is 2.11. The molecule has 3 heteroatoms. The lowest BCUT2D eigenvalue weighted by atomic mass is 9.88. The Hall–Kier alpha value is -1.22. The molecule has 0 saturated carbocycles. The van der Waals surface area contributed by atoms with E-state index in [-0.39, 0.29) is 0 Å². The van der Waals surface area contributed by atoms with Crippen molar-refractivity contribution in [2.45, 2.75) is 18.4 Å². The maximum Gasteiger partial charge on any atom is 0.131 e. The third-order valence-corrected chi connectivity index (χ3v) is 2.60. The van der Waals surface area contributed by atoms with Gasteiger partial charge in [-0.2, -0.15) is 0 Å². The molecule has 1 nitrogen and oxygen atoms in total. The Morgan fingerprint density at radius 2 is 1.79 bits per heavy atom. The van der Waals surface area contributed by atoms with Gasteiger partial charge in [-0.05, 0) is 18.9 Å². The third kappa shape index (κ3) is 1.44. The van der Waals surface area contributed by atoms with E-state index in [1.54, 1.807) is 0 Å². The van der Waals surface area contributed by atoms with Gasteiger partial charge in [0.15, 0.2) is 0 Å². The van der Waals surface area contributed by atoms with Gasteiger partial charge in [0.25, 0.3) is 0 Å². The Morgan fingerprint density at radius 1 is 1.14 bits per heavy atom. The summed E-state index contributed by atoms with van der Waals surface area (Å²) >= 11 is 0. The normalized spacial score (nSPS) is 18.8. The van der Waals surface area contributed by atoms with E-state index in [0.29, 0.717) is 18.4 Å². The van der Waals surface area contributed by atoms with Crippen molar-refractivity contribution in [2.75, 3.05) is 0 Å². The minimum atomic E-state index is -0.683. The van der Waals surface area contributed by atoms with Crippen LogP contribution in [0.3, 0.4) is 0 Å². The average molecular weight is 195 g/mol. The number of halogens is 2. The van der Waals surface area contributed by atoms with Crippen LogP contribution in [-0.4, -0.2) is 0 Å². The van der Waals surface area contributed by atoms with Crippen molar-refractivity contribution >= 4 is 0 Å². The molecule has 2 rings (SSSR count). The zero-order chi connectivity index (χ0) is 10.2. The molecule has 14 heavy (non-hydrogen) atoms. The van der Waals surface area contributed by atoms with E-state index in [1.165, 1.54) is 12.1 Å². The lowest BCUT2D eigenvalue weighted by Crippen LogP contribution is -2.34. The van der Waals surface area contributed by atoms with E-state index < -0.39 is 17.2 Å². The zero-order valence-electron chi connectivity index (χ0n) is 7.63. The van der Waals surface area contributed by atoms with Gasteiger partial charge in [-0.1, -0.05) is 18.2 Å². The van der Waals surface area contributed by atoms with Crippen LogP contribution in [0.5, 0.6) is 0 Å². The van der Waals surface area contributed by atoms with E-state index in [4.69, 9.17) is 5.73 Å². The highest BCUT2D eigenvalue weighted by atomic mass is 19.1. The molecule has 1 aliphatic rings. The fourth-order valence-corrected chi connectivity index (χ4v) is 1.78. The van der Waals surface area contributed by atoms with Gasteiger partial charge in [-0.25, -0.2) is 8.78 Å². The Morgan fingerprint density at radius 3 is 2.36 bits per heavy atom. The zero-order valence-corrected chi connectivity index (χ0v) is 7.63. The van der Waals surface area contributed by atoms with Gasteiger partial charge in [0.1, 0.15) is 11.6 Å². The maximum absolute atomic E-state index is 13.4. The Bertz CT molecular complexity index is 377. The minimum Gasteiger partial charge on any atom is -0.321 e. The van der Waals surface area contributed by atoms with Crippen LogP contribution >= 0.6 is 0 Å². The van der Waals surface area contributed by atoms with Crippen molar-refractivity contribution in [1.82, 2.24) is 0 Å². The first-order valence-corrected chi connectivity index (χ1v) is 4.51. The van der Waals surface area contributed by atoms with Crippen LogP contribution in [0.4, 0.5) is 8.78 Å². The van der Waals surface area contributed by atoms with Gasteiger partial charge >= 0.3 is 0 Å². The molecule has 0 fully saturated rings. The first-order valence-electron chi connectivity index (χ1n) is 4.51. The van der Waals surface area contributed by atoms with Crippen LogP contribution in [0.25, 0.3) is 0 Å². The number of hydrogen-bond donors (Lipinski definition) is 1. The monoisotopic (exact) mass is 195 g/mol. The van der Waals surface area contributed by atoms with Crippen LogP contribution in [0, 0.1) is 11.6 Å². The predicted molar refractivity (Wildman–Crippen MR) is 50.6 cm³/mol. The van der Waals surface area contributed by atoms with Crippen LogP contribution < -0.4 is 5.73 Å². The molecule has 1 aromatic rings. The molecule has 0 radical (unpaired) electrons. The summed E-state index contributed by atoms with van der Waals surface area (Å²) in [4.78, 5) is 0. The van der Waals surface area contributed by atoms with E-state index >= 15 is 0 Å². The highest BCUT2D eigenvalue weighted by molar-refractivity contribution is 5.30. The van der Waals surface area contributed by atoms with Crippen molar-refractivity contribution in [1.29, 1.82) is 0 Å². The number of nitrogens with two attached hydrogens (primary N) is 1. The number of rotatable bonds is 1. The van der Waals surface area contributed by atoms with Gasteiger partial charge in [0.05, 0.1) is 5.54 Å². The molecule has 0 unspecified atom stereocenters. The summed E-state index contributed by atoms with van der Waals surface area (Å²) in [6.45, 7) is 0. The molecule has 0 amide bonds. The molecule has 1 aromatic carbocycles. The lowest BCUT2D eigenvalue weighted by Gasteiger charge is -2.24. The fourth-order valence-electron chi connectivity index (χ4n) is 1.78. The summed E-state index contributed by atoms with van der Waals surface area (Å²) in [5.41, 5.74) is 5.72. The van der Waals surface area contributed by atoms with Gasteiger partial charge in [0.2, 0.25) is 0 Å². The largest absolute Gasteiger partial charge is 0.321 e. The highest BCUT2D eigenvalue weighted by Gasteiger charge is 2.30. The predicted octanol–water partition coefficient (Wildman–Crippen LogP) is 2.47. The SMILES string of the molecule is NC1(c2ccc(F)cc2F)CC=CC1. The smallest absolute Gasteiger partial charge is 0.131 e. The molecule has 0 saturated heterocycles. The minimum absolute atomic E-state index is 0.393. The Balaban J connectivity index is 2.41. The van der Waals surface area contributed by atoms with Crippen LogP contribution in [0.1, 0.15) is 18.4 Å². The van der Waals surface area contributed by atoms with Crippen molar-refractivity contribution in [3.63, 3.8) is 0 Å². The number of hydrogen-bond acceptors (Lipinski definition) is 1. The maximum atomic E-state index is 13.4. The topological polar surface area (TPSA) is 26.0 Å². The second-order valence-corrected chi connectivity index (χ2v) is 3.66. The lowest BCUT2D eigenvalue weighted by molar-refractivity contribution is 0.444. The highest BCUT2D eigenvalue weighted by Crippen LogP contribution is 2.33. The molecule has 0 bridgehead atoms. The standard InChI is InChI=1S/C11H11F2N/c12-8-3-4-9(10(13)7-8)11(14)5-1-2-6-11/h1-4,7H,5-6,14H2. The van der Waals surface area contributed by atoms with Crippen molar-refractivity contribution in [2.24, 2.45) is 5.73 Å². The summed E-state index contributed by atoms with van der Waals surface area (Å²) in [7, 11) is 0. The van der Waals surface area contributed by atoms with Gasteiger partial charge in [0, 0.05) is 11.6 Å². The van der Waals surface area contributed by atoms with Crippen molar-refractivity contribution < 1.29 is 8.78 Å². The fraction of sp³-hybridized carbons (Fsp3) is 0.273. The first kappa shape index (κ1) is 9.34. The van der Waals surface area contributed by atoms with Crippen LogP contribution in [0.15, 0.2) is 30.4 Å². The second-order valence-electron chi connectivity index (χ2n) is 3.66. The molecule has 2 N–H and O–H groups in total. The molecule has 0 spiro atoms.